The van der Waals surface area contributed by atoms with Gasteiger partial charge in [-0.25, -0.2) is 4.79 Å². The first-order valence-electron chi connectivity index (χ1n) is 6.24. The fraction of sp³-hybridized carbons (Fsp3) is 0.267. The van der Waals surface area contributed by atoms with Crippen LogP contribution in [0, 0.1) is 0 Å². The summed E-state index contributed by atoms with van der Waals surface area (Å²) in [6.07, 6.45) is -0.0459. The van der Waals surface area contributed by atoms with E-state index in [1.165, 1.54) is 0 Å². The zero-order chi connectivity index (χ0) is 13.4. The summed E-state index contributed by atoms with van der Waals surface area (Å²) < 4.78 is 10.8. The van der Waals surface area contributed by atoms with Crippen molar-refractivity contribution in [1.29, 1.82) is 0 Å². The molecule has 0 bridgehead atoms. The number of carbonyl (C=O) groups excluding carboxylic acids is 1. The summed E-state index contributed by atoms with van der Waals surface area (Å²) in [5.74, 6) is 0.428. The maximum atomic E-state index is 11.8. The van der Waals surface area contributed by atoms with Crippen molar-refractivity contribution in [1.82, 2.24) is 0 Å². The molecule has 0 fully saturated rings. The van der Waals surface area contributed by atoms with Gasteiger partial charge in [0, 0.05) is 27.8 Å². The number of rotatable bonds is 2. The van der Waals surface area contributed by atoms with Gasteiger partial charge in [0.05, 0.1) is 6.61 Å². The number of benzene rings is 2. The third kappa shape index (κ3) is 2.04. The van der Waals surface area contributed by atoms with Crippen LogP contribution in [-0.2, 0) is 16.0 Å². The highest BCUT2D eigenvalue weighted by Gasteiger charge is 2.32. The molecule has 3 rings (SSSR count). The number of halogens is 1. The Morgan fingerprint density at radius 2 is 2.16 bits per heavy atom. The maximum absolute atomic E-state index is 11.8. The lowest BCUT2D eigenvalue weighted by Crippen LogP contribution is -2.27. The van der Waals surface area contributed by atoms with E-state index in [4.69, 9.17) is 21.1 Å². The van der Waals surface area contributed by atoms with E-state index in [2.05, 4.69) is 0 Å². The van der Waals surface area contributed by atoms with E-state index in [0.29, 0.717) is 18.1 Å². The highest BCUT2D eigenvalue weighted by Crippen LogP contribution is 2.40. The van der Waals surface area contributed by atoms with Crippen LogP contribution in [-0.4, -0.2) is 18.7 Å². The Balaban J connectivity index is 2.04. The highest BCUT2D eigenvalue weighted by atomic mass is 35.5. The number of hydrogen-bond acceptors (Lipinski definition) is 3. The lowest BCUT2D eigenvalue weighted by molar-refractivity contribution is -0.150. The molecular weight excluding hydrogens is 264 g/mol. The van der Waals surface area contributed by atoms with Crippen molar-refractivity contribution in [2.75, 3.05) is 6.61 Å². The van der Waals surface area contributed by atoms with E-state index in [0.717, 1.165) is 22.1 Å². The van der Waals surface area contributed by atoms with Crippen LogP contribution in [0.3, 0.4) is 0 Å². The van der Waals surface area contributed by atoms with Crippen molar-refractivity contribution >= 4 is 28.3 Å². The number of carbonyl (C=O) groups is 1. The number of fused-ring (bicyclic) bond motifs is 3. The summed E-state index contributed by atoms with van der Waals surface area (Å²) in [7, 11) is 0. The molecule has 0 saturated heterocycles. The van der Waals surface area contributed by atoms with E-state index < -0.39 is 6.10 Å². The van der Waals surface area contributed by atoms with Crippen molar-refractivity contribution < 1.29 is 14.3 Å². The molecule has 0 amide bonds. The van der Waals surface area contributed by atoms with Gasteiger partial charge in [-0.15, -0.1) is 0 Å². The zero-order valence-corrected chi connectivity index (χ0v) is 11.2. The van der Waals surface area contributed by atoms with Gasteiger partial charge in [-0.05, 0) is 13.0 Å². The fourth-order valence-electron chi connectivity index (χ4n) is 2.40. The minimum Gasteiger partial charge on any atom is -0.477 e. The summed E-state index contributed by atoms with van der Waals surface area (Å²) in [4.78, 5) is 11.8. The predicted octanol–water partition coefficient (Wildman–Crippen LogP) is 3.36. The third-order valence-corrected chi connectivity index (χ3v) is 3.55. The summed E-state index contributed by atoms with van der Waals surface area (Å²) >= 11 is 6.26. The maximum Gasteiger partial charge on any atom is 0.347 e. The van der Waals surface area contributed by atoms with E-state index in [9.17, 15) is 4.79 Å². The van der Waals surface area contributed by atoms with Crippen molar-refractivity contribution in [2.24, 2.45) is 0 Å². The Hall–Kier alpha value is -1.74. The van der Waals surface area contributed by atoms with Gasteiger partial charge in [-0.2, -0.15) is 0 Å². The fourth-order valence-corrected chi connectivity index (χ4v) is 2.70. The van der Waals surface area contributed by atoms with E-state index in [-0.39, 0.29) is 5.97 Å². The Bertz CT molecular complexity index is 651. The average Bonchev–Trinajstić information content (AvgIpc) is 2.83. The zero-order valence-electron chi connectivity index (χ0n) is 10.5. The smallest absolute Gasteiger partial charge is 0.347 e. The molecule has 0 spiro atoms. The van der Waals surface area contributed by atoms with Crippen molar-refractivity contribution in [2.45, 2.75) is 19.4 Å². The third-order valence-electron chi connectivity index (χ3n) is 3.24. The summed E-state index contributed by atoms with van der Waals surface area (Å²) in [5.41, 5.74) is 0.960. The van der Waals surface area contributed by atoms with Crippen LogP contribution in [0.2, 0.25) is 5.02 Å². The largest absolute Gasteiger partial charge is 0.477 e. The normalized spacial score (nSPS) is 17.1. The average molecular weight is 277 g/mol. The van der Waals surface area contributed by atoms with Crippen molar-refractivity contribution in [3.05, 3.63) is 40.9 Å². The molecule has 98 valence electrons. The molecule has 4 heteroatoms. The van der Waals surface area contributed by atoms with Crippen LogP contribution < -0.4 is 4.74 Å². The van der Waals surface area contributed by atoms with Gasteiger partial charge >= 0.3 is 5.97 Å². The molecule has 0 radical (unpaired) electrons. The van der Waals surface area contributed by atoms with Gasteiger partial charge in [0.1, 0.15) is 5.75 Å². The van der Waals surface area contributed by atoms with Crippen LogP contribution in [0.25, 0.3) is 10.8 Å². The molecule has 3 nitrogen and oxygen atoms in total. The van der Waals surface area contributed by atoms with Gasteiger partial charge in [-0.3, -0.25) is 0 Å². The molecule has 0 saturated carbocycles. The van der Waals surface area contributed by atoms with Crippen molar-refractivity contribution in [3.63, 3.8) is 0 Å². The quantitative estimate of drug-likeness (QED) is 0.789. The number of esters is 1. The van der Waals surface area contributed by atoms with Crippen LogP contribution in [0.15, 0.2) is 30.3 Å². The topological polar surface area (TPSA) is 35.5 Å². The van der Waals surface area contributed by atoms with Crippen LogP contribution in [0.4, 0.5) is 0 Å². The Kier molecular flexibility index (Phi) is 3.07. The molecule has 2 aromatic carbocycles. The predicted molar refractivity (Wildman–Crippen MR) is 73.7 cm³/mol. The summed E-state index contributed by atoms with van der Waals surface area (Å²) in [6.45, 7) is 2.14. The number of ether oxygens (including phenoxy) is 2. The molecule has 19 heavy (non-hydrogen) atoms. The molecule has 1 atom stereocenters. The Morgan fingerprint density at radius 3 is 2.89 bits per heavy atom. The second-order valence-corrected chi connectivity index (χ2v) is 4.86. The number of hydrogen-bond donors (Lipinski definition) is 0. The Morgan fingerprint density at radius 1 is 1.42 bits per heavy atom. The van der Waals surface area contributed by atoms with E-state index in [1.807, 2.05) is 30.3 Å². The molecule has 1 aliphatic rings. The first-order chi connectivity index (χ1) is 9.20. The van der Waals surface area contributed by atoms with Gasteiger partial charge in [0.15, 0.2) is 6.10 Å². The Labute approximate surface area is 116 Å². The van der Waals surface area contributed by atoms with E-state index >= 15 is 0 Å². The van der Waals surface area contributed by atoms with E-state index in [1.54, 1.807) is 6.92 Å². The van der Waals surface area contributed by atoms with Crippen LogP contribution >= 0.6 is 11.6 Å². The first kappa shape index (κ1) is 12.3. The molecule has 0 aliphatic carbocycles. The molecule has 0 aromatic heterocycles. The highest BCUT2D eigenvalue weighted by molar-refractivity contribution is 6.36. The SMILES string of the molecule is CCOC(=O)C1Cc2cc(Cl)c3ccccc3c2O1. The van der Waals surface area contributed by atoms with Gasteiger partial charge in [0.2, 0.25) is 0 Å². The van der Waals surface area contributed by atoms with Gasteiger partial charge in [-0.1, -0.05) is 35.9 Å². The standard InChI is InChI=1S/C15H13ClO3/c1-2-18-15(17)13-8-9-7-12(16)10-5-3-4-6-11(10)14(9)19-13/h3-7,13H,2,8H2,1H3. The lowest BCUT2D eigenvalue weighted by atomic mass is 10.0. The minimum absolute atomic E-state index is 0.320. The summed E-state index contributed by atoms with van der Waals surface area (Å²) in [5, 5.41) is 2.56. The molecule has 1 heterocycles. The van der Waals surface area contributed by atoms with Crippen LogP contribution in [0.1, 0.15) is 12.5 Å². The summed E-state index contributed by atoms with van der Waals surface area (Å²) in [6, 6.07) is 9.63. The molecule has 1 aliphatic heterocycles. The van der Waals surface area contributed by atoms with Gasteiger partial charge < -0.3 is 9.47 Å². The molecular formula is C15H13ClO3. The minimum atomic E-state index is -0.558. The van der Waals surface area contributed by atoms with Crippen LogP contribution in [0.5, 0.6) is 5.75 Å². The molecule has 2 aromatic rings. The molecule has 1 unspecified atom stereocenters. The lowest BCUT2D eigenvalue weighted by Gasteiger charge is -2.10. The monoisotopic (exact) mass is 276 g/mol. The van der Waals surface area contributed by atoms with Crippen molar-refractivity contribution in [3.8, 4) is 5.75 Å². The first-order valence-corrected chi connectivity index (χ1v) is 6.62. The van der Waals surface area contributed by atoms with Gasteiger partial charge in [0.25, 0.3) is 0 Å². The second-order valence-electron chi connectivity index (χ2n) is 4.45. The molecule has 0 N–H and O–H groups in total. The second kappa shape index (κ2) is 4.74.